The summed E-state index contributed by atoms with van der Waals surface area (Å²) >= 11 is 0. The maximum absolute atomic E-state index is 13.7. The van der Waals surface area contributed by atoms with Gasteiger partial charge in [-0.3, -0.25) is 10.2 Å². The highest BCUT2D eigenvalue weighted by Gasteiger charge is 2.45. The van der Waals surface area contributed by atoms with E-state index >= 15 is 0 Å². The molecule has 218 valence electrons. The summed E-state index contributed by atoms with van der Waals surface area (Å²) in [6, 6.07) is 18.4. The summed E-state index contributed by atoms with van der Waals surface area (Å²) in [4.78, 5) is 13.7. The molecule has 6 atom stereocenters. The average molecular weight is 565 g/mol. The molecule has 3 aromatic rings. The molecule has 1 heterocycles. The Labute approximate surface area is 238 Å². The molecule has 41 heavy (non-hydrogen) atoms. The van der Waals surface area contributed by atoms with E-state index in [0.717, 1.165) is 16.7 Å². The number of amides is 1. The van der Waals surface area contributed by atoms with Gasteiger partial charge in [0, 0.05) is 23.4 Å². The minimum absolute atomic E-state index is 0.129. The molecule has 11 nitrogen and oxygen atoms in total. The molecule has 1 saturated heterocycles. The van der Waals surface area contributed by atoms with Gasteiger partial charge in [0.05, 0.1) is 6.61 Å². The number of hydrogen-bond donors (Lipinski definition) is 8. The highest BCUT2D eigenvalue weighted by molar-refractivity contribution is 5.96. The van der Waals surface area contributed by atoms with Crippen LogP contribution < -0.4 is 21.1 Å². The second-order valence-electron chi connectivity index (χ2n) is 10.1. The van der Waals surface area contributed by atoms with Crippen molar-refractivity contribution in [2.24, 2.45) is 5.73 Å². The maximum atomic E-state index is 13.7. The number of carbonyl (C=O) groups is 1. The SMILES string of the molecule is Cc1cc(C)cc(CNC(=O)C(Nc2cccc(C(=N)N)c2)c2ccccc2OC2OC(CO)C(O)C(O)C2O)c1. The lowest BCUT2D eigenvalue weighted by Crippen LogP contribution is -2.60. The number of ether oxygens (including phenoxy) is 2. The molecule has 0 aromatic heterocycles. The molecule has 1 aliphatic heterocycles. The van der Waals surface area contributed by atoms with Crippen molar-refractivity contribution in [3.05, 3.63) is 94.5 Å². The summed E-state index contributed by atoms with van der Waals surface area (Å²) in [5.41, 5.74) is 10.1. The van der Waals surface area contributed by atoms with Crippen LogP contribution in [0.1, 0.15) is 33.9 Å². The highest BCUT2D eigenvalue weighted by Crippen LogP contribution is 2.32. The van der Waals surface area contributed by atoms with Crippen LogP contribution >= 0.6 is 0 Å². The highest BCUT2D eigenvalue weighted by atomic mass is 16.7. The maximum Gasteiger partial charge on any atom is 0.247 e. The number of rotatable bonds is 10. The quantitative estimate of drug-likeness (QED) is 0.132. The number of anilines is 1. The summed E-state index contributed by atoms with van der Waals surface area (Å²) < 4.78 is 11.5. The van der Waals surface area contributed by atoms with Gasteiger partial charge in [-0.15, -0.1) is 0 Å². The molecule has 0 bridgehead atoms. The molecular formula is C30H36N4O7. The Hall–Kier alpha value is -4.00. The molecule has 4 rings (SSSR count). The Balaban J connectivity index is 1.65. The van der Waals surface area contributed by atoms with Gasteiger partial charge >= 0.3 is 0 Å². The van der Waals surface area contributed by atoms with Crippen molar-refractivity contribution in [3.63, 3.8) is 0 Å². The second kappa shape index (κ2) is 13.1. The lowest BCUT2D eigenvalue weighted by Gasteiger charge is -2.39. The number of nitrogens with one attached hydrogen (secondary N) is 3. The van der Waals surface area contributed by atoms with Crippen molar-refractivity contribution in [1.29, 1.82) is 5.41 Å². The summed E-state index contributed by atoms with van der Waals surface area (Å²) in [5, 5.41) is 54.4. The second-order valence-corrected chi connectivity index (χ2v) is 10.1. The van der Waals surface area contributed by atoms with Crippen molar-refractivity contribution in [3.8, 4) is 5.75 Å². The number of aryl methyl sites for hydroxylation is 2. The van der Waals surface area contributed by atoms with E-state index in [1.807, 2.05) is 32.0 Å². The van der Waals surface area contributed by atoms with E-state index in [4.69, 9.17) is 20.6 Å². The van der Waals surface area contributed by atoms with Crippen LogP contribution in [0.5, 0.6) is 5.75 Å². The monoisotopic (exact) mass is 564 g/mol. The molecular weight excluding hydrogens is 528 g/mol. The average Bonchev–Trinajstić information content (AvgIpc) is 2.95. The van der Waals surface area contributed by atoms with Crippen LogP contribution in [0.4, 0.5) is 5.69 Å². The number of nitrogen functional groups attached to an aromatic ring is 1. The topological polar surface area (TPSA) is 190 Å². The molecule has 11 heteroatoms. The van der Waals surface area contributed by atoms with Crippen LogP contribution in [-0.4, -0.2) is 69.5 Å². The molecule has 1 aliphatic rings. The van der Waals surface area contributed by atoms with E-state index in [-0.39, 0.29) is 24.0 Å². The van der Waals surface area contributed by atoms with E-state index in [9.17, 15) is 25.2 Å². The fourth-order valence-corrected chi connectivity index (χ4v) is 4.81. The molecule has 1 fully saturated rings. The fourth-order valence-electron chi connectivity index (χ4n) is 4.81. The number of carbonyl (C=O) groups excluding carboxylic acids is 1. The zero-order valence-corrected chi connectivity index (χ0v) is 22.8. The van der Waals surface area contributed by atoms with Gasteiger partial charge in [-0.25, -0.2) is 0 Å². The molecule has 0 spiro atoms. The molecule has 9 N–H and O–H groups in total. The van der Waals surface area contributed by atoms with Crippen molar-refractivity contribution in [2.45, 2.75) is 57.1 Å². The summed E-state index contributed by atoms with van der Waals surface area (Å²) in [7, 11) is 0. The van der Waals surface area contributed by atoms with Crippen molar-refractivity contribution in [2.75, 3.05) is 11.9 Å². The van der Waals surface area contributed by atoms with Gasteiger partial charge in [0.1, 0.15) is 42.0 Å². The van der Waals surface area contributed by atoms with Crippen molar-refractivity contribution in [1.82, 2.24) is 5.32 Å². The van der Waals surface area contributed by atoms with Gasteiger partial charge in [0.2, 0.25) is 12.2 Å². The van der Waals surface area contributed by atoms with Gasteiger partial charge in [0.25, 0.3) is 0 Å². The summed E-state index contributed by atoms with van der Waals surface area (Å²) in [6.07, 6.45) is -7.38. The van der Waals surface area contributed by atoms with Crippen molar-refractivity contribution < 1.29 is 34.7 Å². The normalized spacial score (nSPS) is 22.9. The van der Waals surface area contributed by atoms with Gasteiger partial charge in [-0.2, -0.15) is 0 Å². The van der Waals surface area contributed by atoms with E-state index in [1.165, 1.54) is 0 Å². The fraction of sp³-hybridized carbons (Fsp3) is 0.333. The van der Waals surface area contributed by atoms with Gasteiger partial charge in [0.15, 0.2) is 0 Å². The number of nitrogens with two attached hydrogens (primary N) is 1. The van der Waals surface area contributed by atoms with E-state index in [0.29, 0.717) is 16.8 Å². The van der Waals surface area contributed by atoms with E-state index in [1.54, 1.807) is 48.5 Å². The number of aliphatic hydroxyl groups is 4. The minimum Gasteiger partial charge on any atom is -0.462 e. The molecule has 0 saturated carbocycles. The third-order valence-electron chi connectivity index (χ3n) is 6.82. The zero-order chi connectivity index (χ0) is 29.7. The molecule has 1 amide bonds. The third-order valence-corrected chi connectivity index (χ3v) is 6.82. The van der Waals surface area contributed by atoms with Crippen LogP contribution in [-0.2, 0) is 16.1 Å². The standard InChI is InChI=1S/C30H36N4O7/c1-16-10-17(2)12-18(11-16)14-33-29(39)24(34-20-7-5-6-19(13-20)28(31)32)21-8-3-4-9-22(21)40-30-27(38)26(37)25(36)23(15-35)41-30/h3-13,23-27,30,34-38H,14-15H2,1-2H3,(H3,31,32)(H,33,39). The lowest BCUT2D eigenvalue weighted by atomic mass is 9.99. The molecule has 0 aliphatic carbocycles. The Morgan fingerprint density at radius 2 is 1.71 bits per heavy atom. The van der Waals surface area contributed by atoms with Crippen LogP contribution in [0.15, 0.2) is 66.7 Å². The Morgan fingerprint density at radius 3 is 2.39 bits per heavy atom. The largest absolute Gasteiger partial charge is 0.462 e. The smallest absolute Gasteiger partial charge is 0.247 e. The van der Waals surface area contributed by atoms with E-state index < -0.39 is 43.4 Å². The van der Waals surface area contributed by atoms with Crippen LogP contribution in [0.3, 0.4) is 0 Å². The van der Waals surface area contributed by atoms with Crippen LogP contribution in [0, 0.1) is 19.3 Å². The minimum atomic E-state index is -1.63. The van der Waals surface area contributed by atoms with Crippen LogP contribution in [0.2, 0.25) is 0 Å². The first-order chi connectivity index (χ1) is 19.6. The Morgan fingerprint density at radius 1 is 1.00 bits per heavy atom. The molecule has 6 unspecified atom stereocenters. The van der Waals surface area contributed by atoms with Gasteiger partial charge in [-0.05, 0) is 37.6 Å². The molecule has 3 aromatic carbocycles. The number of amidine groups is 1. The first-order valence-electron chi connectivity index (χ1n) is 13.2. The zero-order valence-electron chi connectivity index (χ0n) is 22.8. The third kappa shape index (κ3) is 7.20. The Kier molecular flexibility index (Phi) is 9.58. The van der Waals surface area contributed by atoms with Crippen LogP contribution in [0.25, 0.3) is 0 Å². The van der Waals surface area contributed by atoms with Gasteiger partial charge in [-0.1, -0.05) is 59.7 Å². The summed E-state index contributed by atoms with van der Waals surface area (Å²) in [6.45, 7) is 3.63. The predicted octanol–water partition coefficient (Wildman–Crippen LogP) is 1.24. The molecule has 0 radical (unpaired) electrons. The lowest BCUT2D eigenvalue weighted by molar-refractivity contribution is -0.277. The predicted molar refractivity (Wildman–Crippen MR) is 152 cm³/mol. The number of hydrogen-bond acceptors (Lipinski definition) is 9. The van der Waals surface area contributed by atoms with E-state index in [2.05, 4.69) is 10.6 Å². The first-order valence-corrected chi connectivity index (χ1v) is 13.2. The first kappa shape index (κ1) is 30.0. The number of benzene rings is 3. The number of para-hydroxylation sites is 1. The Bertz CT molecular complexity index is 1360. The number of aliphatic hydroxyl groups excluding tert-OH is 4. The van der Waals surface area contributed by atoms with Crippen molar-refractivity contribution >= 4 is 17.4 Å². The summed E-state index contributed by atoms with van der Waals surface area (Å²) in [5.74, 6) is -0.350. The van der Waals surface area contributed by atoms with Gasteiger partial charge < -0.3 is 46.3 Å².